The van der Waals surface area contributed by atoms with Crippen LogP contribution < -0.4 is 27.3 Å². The third-order valence-electron chi connectivity index (χ3n) is 4.33. The van der Waals surface area contributed by atoms with Crippen LogP contribution in [0.4, 0.5) is 0 Å². The van der Waals surface area contributed by atoms with Crippen molar-refractivity contribution in [2.45, 2.75) is 45.2 Å². The molecule has 0 spiro atoms. The number of benzene rings is 1. The molecule has 182 valence electrons. The molecule has 1 aromatic rings. The van der Waals surface area contributed by atoms with Crippen molar-refractivity contribution in [2.75, 3.05) is 6.54 Å². The molecule has 0 aliphatic carbocycles. The lowest BCUT2D eigenvalue weighted by Gasteiger charge is -2.23. The molecule has 33 heavy (non-hydrogen) atoms. The topological polar surface area (TPSA) is 201 Å². The fraction of sp³-hybridized carbons (Fsp3) is 0.474. The largest absolute Gasteiger partial charge is 0.365 e. The highest BCUT2D eigenvalue weighted by molar-refractivity contribution is 6.33. The number of nitrogens with zero attached hydrogens (tertiary/aromatic N) is 2. The zero-order chi connectivity index (χ0) is 25.0. The number of aliphatic imine (C=N–C) groups is 1. The van der Waals surface area contributed by atoms with Crippen molar-refractivity contribution in [3.8, 4) is 0 Å². The highest BCUT2D eigenvalue weighted by atomic mass is 35.5. The van der Waals surface area contributed by atoms with Crippen LogP contribution in [0.3, 0.4) is 0 Å². The Hall–Kier alpha value is -3.45. The van der Waals surface area contributed by atoms with Crippen LogP contribution in [0, 0.1) is 16.0 Å². The van der Waals surface area contributed by atoms with E-state index in [0.29, 0.717) is 0 Å². The summed E-state index contributed by atoms with van der Waals surface area (Å²) in [6, 6.07) is 4.25. The summed E-state index contributed by atoms with van der Waals surface area (Å²) < 4.78 is 0. The Morgan fingerprint density at radius 2 is 1.85 bits per heavy atom. The fourth-order valence-electron chi connectivity index (χ4n) is 2.83. The Morgan fingerprint density at radius 1 is 1.18 bits per heavy atom. The number of halogens is 1. The van der Waals surface area contributed by atoms with Crippen LogP contribution in [-0.2, 0) is 9.59 Å². The Kier molecular flexibility index (Phi) is 11.6. The summed E-state index contributed by atoms with van der Waals surface area (Å²) in [6.07, 6.45) is 0.530. The molecule has 0 unspecified atom stereocenters. The normalized spacial score (nSPS) is 13.1. The van der Waals surface area contributed by atoms with Crippen LogP contribution in [-0.4, -0.2) is 52.5 Å². The SMILES string of the molecule is CC(C)C[C@H](NC(=O)c1ccccc1Cl)C(=O)N[C@@H](CCCN=C(N)N[N+](=O)[O-])C(=O)NO. The monoisotopic (exact) mass is 485 g/mol. The first-order valence-corrected chi connectivity index (χ1v) is 10.4. The van der Waals surface area contributed by atoms with E-state index in [2.05, 4.69) is 15.6 Å². The molecule has 0 heterocycles. The van der Waals surface area contributed by atoms with Crippen LogP contribution >= 0.6 is 11.6 Å². The van der Waals surface area contributed by atoms with Gasteiger partial charge in [-0.05, 0) is 37.3 Å². The molecule has 0 saturated carbocycles. The van der Waals surface area contributed by atoms with Crippen LogP contribution in [0.2, 0.25) is 5.02 Å². The summed E-state index contributed by atoms with van der Waals surface area (Å²) in [4.78, 5) is 51.5. The van der Waals surface area contributed by atoms with Gasteiger partial charge in [0.25, 0.3) is 17.8 Å². The molecule has 0 radical (unpaired) electrons. The van der Waals surface area contributed by atoms with E-state index < -0.39 is 40.8 Å². The number of nitrogens with two attached hydrogens (primary N) is 1. The lowest BCUT2D eigenvalue weighted by molar-refractivity contribution is -0.525. The van der Waals surface area contributed by atoms with Crippen molar-refractivity contribution in [3.63, 3.8) is 0 Å². The Labute approximate surface area is 195 Å². The van der Waals surface area contributed by atoms with E-state index >= 15 is 0 Å². The quantitative estimate of drug-likeness (QED) is 0.0607. The van der Waals surface area contributed by atoms with Gasteiger partial charge in [-0.2, -0.15) is 0 Å². The Balaban J connectivity index is 2.84. The number of amides is 3. The first-order valence-electron chi connectivity index (χ1n) is 10.1. The van der Waals surface area contributed by atoms with Crippen molar-refractivity contribution in [3.05, 3.63) is 45.0 Å². The third-order valence-corrected chi connectivity index (χ3v) is 4.66. The minimum atomic E-state index is -1.14. The Morgan fingerprint density at radius 3 is 2.42 bits per heavy atom. The van der Waals surface area contributed by atoms with Crippen molar-refractivity contribution in [2.24, 2.45) is 16.6 Å². The Bertz CT molecular complexity index is 880. The van der Waals surface area contributed by atoms with E-state index in [1.54, 1.807) is 23.6 Å². The molecule has 7 N–H and O–H groups in total. The van der Waals surface area contributed by atoms with E-state index in [0.717, 1.165) is 0 Å². The van der Waals surface area contributed by atoms with Crippen LogP contribution in [0.1, 0.15) is 43.5 Å². The summed E-state index contributed by atoms with van der Waals surface area (Å²) >= 11 is 6.05. The summed E-state index contributed by atoms with van der Waals surface area (Å²) in [5.41, 5.74) is 8.66. The summed E-state index contributed by atoms with van der Waals surface area (Å²) in [5, 5.41) is 23.8. The second-order valence-electron chi connectivity index (χ2n) is 7.45. The van der Waals surface area contributed by atoms with Gasteiger partial charge >= 0.3 is 0 Å². The third kappa shape index (κ3) is 10.1. The smallest absolute Gasteiger partial charge is 0.265 e. The molecular formula is C19H28ClN7O6. The molecule has 0 bridgehead atoms. The van der Waals surface area contributed by atoms with Crippen molar-refractivity contribution in [1.29, 1.82) is 0 Å². The second-order valence-corrected chi connectivity index (χ2v) is 7.86. The van der Waals surface area contributed by atoms with Crippen molar-refractivity contribution in [1.82, 2.24) is 21.5 Å². The molecule has 3 amide bonds. The highest BCUT2D eigenvalue weighted by Crippen LogP contribution is 2.16. The molecule has 2 atom stereocenters. The minimum absolute atomic E-state index is 0.0242. The number of carbonyl (C=O) groups excluding carboxylic acids is 3. The summed E-state index contributed by atoms with van der Waals surface area (Å²) in [5.74, 6) is -2.43. The van der Waals surface area contributed by atoms with Gasteiger partial charge in [-0.3, -0.25) is 19.6 Å². The number of carbonyl (C=O) groups is 3. The van der Waals surface area contributed by atoms with E-state index in [-0.39, 0.29) is 42.3 Å². The number of rotatable bonds is 12. The molecule has 0 fully saturated rings. The molecule has 14 heteroatoms. The molecule has 1 aromatic carbocycles. The molecule has 0 aliphatic rings. The average Bonchev–Trinajstić information content (AvgIpc) is 2.74. The number of guanidine groups is 1. The minimum Gasteiger partial charge on any atom is -0.365 e. The molecule has 0 aromatic heterocycles. The zero-order valence-electron chi connectivity index (χ0n) is 18.2. The second kappa shape index (κ2) is 13.9. The van der Waals surface area contributed by atoms with E-state index in [1.165, 1.54) is 11.5 Å². The number of nitrogens with one attached hydrogen (secondary N) is 4. The first kappa shape index (κ1) is 27.6. The average molecular weight is 486 g/mol. The van der Waals surface area contributed by atoms with Gasteiger partial charge in [-0.25, -0.2) is 20.6 Å². The van der Waals surface area contributed by atoms with Gasteiger partial charge in [0.15, 0.2) is 5.03 Å². The summed E-state index contributed by atoms with van der Waals surface area (Å²) in [7, 11) is 0. The number of hydrazine groups is 1. The molecular weight excluding hydrogens is 458 g/mol. The zero-order valence-corrected chi connectivity index (χ0v) is 19.0. The van der Waals surface area contributed by atoms with Gasteiger partial charge in [0, 0.05) is 6.54 Å². The lowest BCUT2D eigenvalue weighted by atomic mass is 10.0. The van der Waals surface area contributed by atoms with Gasteiger partial charge in [-0.1, -0.05) is 43.0 Å². The molecule has 13 nitrogen and oxygen atoms in total. The number of hydrogen-bond donors (Lipinski definition) is 6. The molecule has 0 saturated heterocycles. The number of hydrogen-bond acceptors (Lipinski definition) is 7. The van der Waals surface area contributed by atoms with Gasteiger partial charge in [0.1, 0.15) is 12.1 Å². The van der Waals surface area contributed by atoms with E-state index in [1.807, 2.05) is 13.8 Å². The first-order chi connectivity index (χ1) is 15.5. The lowest BCUT2D eigenvalue weighted by Crippen LogP contribution is -2.53. The number of hydroxylamine groups is 1. The maximum Gasteiger partial charge on any atom is 0.265 e. The van der Waals surface area contributed by atoms with Gasteiger partial charge in [0.2, 0.25) is 5.91 Å². The van der Waals surface area contributed by atoms with Crippen molar-refractivity contribution < 1.29 is 24.6 Å². The van der Waals surface area contributed by atoms with Gasteiger partial charge < -0.3 is 16.4 Å². The van der Waals surface area contributed by atoms with E-state index in [4.69, 9.17) is 22.5 Å². The van der Waals surface area contributed by atoms with E-state index in [9.17, 15) is 24.5 Å². The predicted octanol–water partition coefficient (Wildman–Crippen LogP) is 0.351. The fourth-order valence-corrected chi connectivity index (χ4v) is 3.05. The number of nitro groups is 1. The standard InChI is InChI=1S/C19H28ClN7O6/c1-11(2)10-15(24-16(28)12-6-3-4-7-13(12)20)17(29)23-14(18(30)26-31)8-5-9-22-19(21)25-27(32)33/h3-4,6-7,11,14-15,31H,5,8-10H2,1-2H3,(H,23,29)(H,24,28)(H,26,30)(H3,21,22,25)/t14-,15-/m0/s1. The predicted molar refractivity (Wildman–Crippen MR) is 120 cm³/mol. The van der Waals surface area contributed by atoms with Gasteiger partial charge in [-0.15, -0.1) is 0 Å². The maximum atomic E-state index is 12.9. The summed E-state index contributed by atoms with van der Waals surface area (Å²) in [6.45, 7) is 3.75. The van der Waals surface area contributed by atoms with Crippen LogP contribution in [0.25, 0.3) is 0 Å². The maximum absolute atomic E-state index is 12.9. The molecule has 1 rings (SSSR count). The van der Waals surface area contributed by atoms with Gasteiger partial charge in [0.05, 0.1) is 10.6 Å². The molecule has 0 aliphatic heterocycles. The van der Waals surface area contributed by atoms with Crippen molar-refractivity contribution >= 4 is 35.3 Å². The highest BCUT2D eigenvalue weighted by Gasteiger charge is 2.27. The van der Waals surface area contributed by atoms with Crippen LogP contribution in [0.5, 0.6) is 0 Å². The van der Waals surface area contributed by atoms with Crippen LogP contribution in [0.15, 0.2) is 29.3 Å².